The maximum atomic E-state index is 11.6. The van der Waals surface area contributed by atoms with Gasteiger partial charge in [0.1, 0.15) is 0 Å². The first-order chi connectivity index (χ1) is 8.37. The first-order valence-electron chi connectivity index (χ1n) is 7.01. The molecule has 0 radical (unpaired) electrons. The second-order valence-corrected chi connectivity index (χ2v) is 5.68. The van der Waals surface area contributed by atoms with Crippen LogP contribution in [0.5, 0.6) is 0 Å². The third kappa shape index (κ3) is 10.5. The van der Waals surface area contributed by atoms with Crippen LogP contribution in [0.4, 0.5) is 0 Å². The van der Waals surface area contributed by atoms with Crippen molar-refractivity contribution in [3.8, 4) is 0 Å². The molecule has 4 nitrogen and oxygen atoms in total. The lowest BCUT2D eigenvalue weighted by Crippen LogP contribution is -2.47. The third-order valence-corrected chi connectivity index (χ3v) is 2.83. The number of carbonyl (C=O) groups is 1. The van der Waals surface area contributed by atoms with Gasteiger partial charge in [-0.15, -0.1) is 0 Å². The zero-order chi connectivity index (χ0) is 14.0. The molecule has 2 N–H and O–H groups in total. The van der Waals surface area contributed by atoms with Gasteiger partial charge in [0.15, 0.2) is 0 Å². The fourth-order valence-electron chi connectivity index (χ4n) is 2.00. The Bertz CT molecular complexity index is 228. The Hall–Kier alpha value is -0.610. The number of nitrogens with one attached hydrogen (secondary N) is 1. The average molecular weight is 258 g/mol. The molecule has 0 rings (SSSR count). The molecule has 0 aliphatic carbocycles. The highest BCUT2D eigenvalue weighted by Gasteiger charge is 2.21. The van der Waals surface area contributed by atoms with Gasteiger partial charge in [0.25, 0.3) is 0 Å². The number of rotatable bonds is 10. The number of hydrogen-bond donors (Lipinski definition) is 2. The molecule has 0 saturated heterocycles. The van der Waals surface area contributed by atoms with E-state index in [1.807, 2.05) is 19.0 Å². The van der Waals surface area contributed by atoms with Gasteiger partial charge in [-0.3, -0.25) is 4.79 Å². The zero-order valence-corrected chi connectivity index (χ0v) is 12.5. The molecule has 0 spiro atoms. The van der Waals surface area contributed by atoms with E-state index in [0.29, 0.717) is 19.5 Å². The fraction of sp³-hybridized carbons (Fsp3) is 0.929. The number of likely N-dealkylation sites (N-methyl/N-ethyl adjacent to an activating group) is 1. The fourth-order valence-corrected chi connectivity index (χ4v) is 2.00. The molecule has 0 heterocycles. The topological polar surface area (TPSA) is 52.6 Å². The van der Waals surface area contributed by atoms with E-state index in [1.54, 1.807) is 6.92 Å². The van der Waals surface area contributed by atoms with Crippen LogP contribution in [0.1, 0.15) is 52.4 Å². The van der Waals surface area contributed by atoms with Gasteiger partial charge in [-0.1, -0.05) is 32.6 Å². The molecule has 1 atom stereocenters. The highest BCUT2D eigenvalue weighted by Crippen LogP contribution is 2.06. The SMILES string of the molecule is CCCCCCCC(=O)NCC(C)(O)CN(C)C. The second kappa shape index (κ2) is 9.34. The lowest BCUT2D eigenvalue weighted by atomic mass is 10.1. The molecule has 0 aliphatic heterocycles. The van der Waals surface area contributed by atoms with Crippen molar-refractivity contribution in [2.24, 2.45) is 0 Å². The van der Waals surface area contributed by atoms with Crippen LogP contribution in [0, 0.1) is 0 Å². The van der Waals surface area contributed by atoms with E-state index in [2.05, 4.69) is 12.2 Å². The number of unbranched alkanes of at least 4 members (excludes halogenated alkanes) is 4. The van der Waals surface area contributed by atoms with E-state index in [-0.39, 0.29) is 5.91 Å². The van der Waals surface area contributed by atoms with Crippen LogP contribution in [0.3, 0.4) is 0 Å². The number of amides is 1. The highest BCUT2D eigenvalue weighted by molar-refractivity contribution is 5.75. The Labute approximate surface area is 112 Å². The number of nitrogens with zero attached hydrogens (tertiary/aromatic N) is 1. The molecule has 4 heteroatoms. The lowest BCUT2D eigenvalue weighted by molar-refractivity contribution is -0.122. The maximum absolute atomic E-state index is 11.6. The van der Waals surface area contributed by atoms with E-state index in [1.165, 1.54) is 19.3 Å². The van der Waals surface area contributed by atoms with Crippen LogP contribution in [-0.4, -0.2) is 48.7 Å². The van der Waals surface area contributed by atoms with Crippen molar-refractivity contribution in [3.63, 3.8) is 0 Å². The number of carbonyl (C=O) groups excluding carboxylic acids is 1. The minimum atomic E-state index is -0.860. The van der Waals surface area contributed by atoms with E-state index < -0.39 is 5.60 Å². The number of hydrogen-bond acceptors (Lipinski definition) is 3. The predicted octanol–water partition coefficient (Wildman–Crippen LogP) is 1.78. The van der Waals surface area contributed by atoms with Crippen molar-refractivity contribution in [2.75, 3.05) is 27.2 Å². The molecule has 0 aromatic carbocycles. The largest absolute Gasteiger partial charge is 0.387 e. The predicted molar refractivity (Wildman–Crippen MR) is 75.6 cm³/mol. The van der Waals surface area contributed by atoms with Gasteiger partial charge in [-0.05, 0) is 27.4 Å². The summed E-state index contributed by atoms with van der Waals surface area (Å²) >= 11 is 0. The summed E-state index contributed by atoms with van der Waals surface area (Å²) in [5.74, 6) is 0.0468. The van der Waals surface area contributed by atoms with Crippen molar-refractivity contribution in [3.05, 3.63) is 0 Å². The van der Waals surface area contributed by atoms with Gasteiger partial charge in [0.05, 0.1) is 5.60 Å². The molecule has 0 aromatic rings. The van der Waals surface area contributed by atoms with Gasteiger partial charge in [0.2, 0.25) is 5.91 Å². The minimum Gasteiger partial charge on any atom is -0.387 e. The maximum Gasteiger partial charge on any atom is 0.220 e. The summed E-state index contributed by atoms with van der Waals surface area (Å²) in [6.45, 7) is 4.79. The third-order valence-electron chi connectivity index (χ3n) is 2.83. The van der Waals surface area contributed by atoms with Crippen LogP contribution in [0.2, 0.25) is 0 Å². The van der Waals surface area contributed by atoms with Crippen LogP contribution in [-0.2, 0) is 4.79 Å². The van der Waals surface area contributed by atoms with E-state index in [4.69, 9.17) is 0 Å². The molecule has 1 amide bonds. The Kier molecular flexibility index (Phi) is 9.02. The van der Waals surface area contributed by atoms with Crippen LogP contribution in [0.15, 0.2) is 0 Å². The first kappa shape index (κ1) is 17.4. The lowest BCUT2D eigenvalue weighted by Gasteiger charge is -2.27. The van der Waals surface area contributed by atoms with E-state index in [9.17, 15) is 9.90 Å². The zero-order valence-electron chi connectivity index (χ0n) is 12.5. The Morgan fingerprint density at radius 2 is 1.83 bits per heavy atom. The summed E-state index contributed by atoms with van der Waals surface area (Å²) in [7, 11) is 3.81. The summed E-state index contributed by atoms with van der Waals surface area (Å²) in [6.07, 6.45) is 6.32. The summed E-state index contributed by atoms with van der Waals surface area (Å²) in [5, 5.41) is 12.8. The first-order valence-corrected chi connectivity index (χ1v) is 7.01. The van der Waals surface area contributed by atoms with Gasteiger partial charge >= 0.3 is 0 Å². The molecular weight excluding hydrogens is 228 g/mol. The Morgan fingerprint density at radius 3 is 2.39 bits per heavy atom. The van der Waals surface area contributed by atoms with E-state index in [0.717, 1.165) is 12.8 Å². The quantitative estimate of drug-likeness (QED) is 0.587. The molecule has 0 aromatic heterocycles. The summed E-state index contributed by atoms with van der Waals surface area (Å²) < 4.78 is 0. The van der Waals surface area contributed by atoms with Crippen LogP contribution >= 0.6 is 0 Å². The summed E-state index contributed by atoms with van der Waals surface area (Å²) in [4.78, 5) is 13.5. The molecule has 0 fully saturated rings. The van der Waals surface area contributed by atoms with Gasteiger partial charge in [-0.25, -0.2) is 0 Å². The second-order valence-electron chi connectivity index (χ2n) is 5.68. The monoisotopic (exact) mass is 258 g/mol. The molecule has 0 aliphatic rings. The molecule has 0 bridgehead atoms. The molecule has 0 saturated carbocycles. The number of aliphatic hydroxyl groups is 1. The normalized spacial score (nSPS) is 14.6. The smallest absolute Gasteiger partial charge is 0.220 e. The standard InChI is InChI=1S/C14H30N2O2/c1-5-6-7-8-9-10-13(17)15-11-14(2,18)12-16(3)4/h18H,5-12H2,1-4H3,(H,15,17). The molecular formula is C14H30N2O2. The highest BCUT2D eigenvalue weighted by atomic mass is 16.3. The van der Waals surface area contributed by atoms with Gasteiger partial charge < -0.3 is 15.3 Å². The molecule has 18 heavy (non-hydrogen) atoms. The van der Waals surface area contributed by atoms with Crippen molar-refractivity contribution >= 4 is 5.91 Å². The summed E-state index contributed by atoms with van der Waals surface area (Å²) in [6, 6.07) is 0. The minimum absolute atomic E-state index is 0.0468. The van der Waals surface area contributed by atoms with Gasteiger partial charge in [0, 0.05) is 19.5 Å². The Morgan fingerprint density at radius 1 is 1.22 bits per heavy atom. The van der Waals surface area contributed by atoms with Crippen molar-refractivity contribution in [2.45, 2.75) is 58.0 Å². The molecule has 1 unspecified atom stereocenters. The molecule has 108 valence electrons. The van der Waals surface area contributed by atoms with E-state index >= 15 is 0 Å². The summed E-state index contributed by atoms with van der Waals surface area (Å²) in [5.41, 5.74) is -0.860. The van der Waals surface area contributed by atoms with Crippen molar-refractivity contribution in [1.29, 1.82) is 0 Å². The average Bonchev–Trinajstić information content (AvgIpc) is 2.24. The Balaban J connectivity index is 3.63. The van der Waals surface area contributed by atoms with Crippen LogP contribution < -0.4 is 5.32 Å². The van der Waals surface area contributed by atoms with Crippen molar-refractivity contribution < 1.29 is 9.90 Å². The van der Waals surface area contributed by atoms with Gasteiger partial charge in [-0.2, -0.15) is 0 Å². The van der Waals surface area contributed by atoms with Crippen LogP contribution in [0.25, 0.3) is 0 Å². The van der Waals surface area contributed by atoms with Crippen molar-refractivity contribution in [1.82, 2.24) is 10.2 Å².